The molecular weight excluding hydrogens is 247 g/mol. The van der Waals surface area contributed by atoms with Crippen LogP contribution >= 0.6 is 0 Å². The molecule has 6 heteroatoms. The second-order valence-electron chi connectivity index (χ2n) is 4.97. The van der Waals surface area contributed by atoms with E-state index in [1.807, 2.05) is 20.8 Å². The molecule has 106 valence electrons. The molecule has 1 rings (SSSR count). The van der Waals surface area contributed by atoms with Gasteiger partial charge in [-0.1, -0.05) is 0 Å². The zero-order valence-electron chi connectivity index (χ0n) is 11.9. The molecule has 0 aliphatic heterocycles. The van der Waals surface area contributed by atoms with Gasteiger partial charge in [0.2, 0.25) is 0 Å². The normalized spacial score (nSPS) is 11.2. The summed E-state index contributed by atoms with van der Waals surface area (Å²) in [6, 6.07) is 6.93. The van der Waals surface area contributed by atoms with Gasteiger partial charge in [0, 0.05) is 12.7 Å². The summed E-state index contributed by atoms with van der Waals surface area (Å²) in [6.45, 7) is 6.55. The Bertz CT molecular complexity index is 360. The summed E-state index contributed by atoms with van der Waals surface area (Å²) < 4.78 is 20.8. The molecule has 0 aliphatic rings. The molecule has 19 heavy (non-hydrogen) atoms. The second kappa shape index (κ2) is 7.38. The molecule has 0 radical (unpaired) electrons. The van der Waals surface area contributed by atoms with E-state index < -0.39 is 12.9 Å². The predicted molar refractivity (Wildman–Crippen MR) is 73.3 cm³/mol. The topological polar surface area (TPSA) is 57.2 Å². The summed E-state index contributed by atoms with van der Waals surface area (Å²) in [5.41, 5.74) is -0.470. The van der Waals surface area contributed by atoms with E-state index in [-0.39, 0.29) is 0 Å². The minimum atomic E-state index is -1.29. The first kappa shape index (κ1) is 15.8. The molecule has 0 aromatic heterocycles. The lowest BCUT2D eigenvalue weighted by atomic mass is 10.1. The molecular formula is C13H21BO5. The molecule has 0 unspecified atom stereocenters. The van der Waals surface area contributed by atoms with E-state index in [4.69, 9.17) is 18.8 Å². The molecule has 1 aromatic rings. The fourth-order valence-corrected chi connectivity index (χ4v) is 1.30. The van der Waals surface area contributed by atoms with Gasteiger partial charge in [0.05, 0.1) is 6.61 Å². The van der Waals surface area contributed by atoms with Crippen molar-refractivity contribution in [1.29, 1.82) is 0 Å². The highest BCUT2D eigenvalue weighted by Crippen LogP contribution is 2.19. The van der Waals surface area contributed by atoms with Crippen LogP contribution in [0.25, 0.3) is 0 Å². The number of ether oxygens (including phenoxy) is 2. The quantitative estimate of drug-likeness (QED) is 0.604. The monoisotopic (exact) mass is 268 g/mol. The van der Waals surface area contributed by atoms with E-state index in [1.165, 1.54) is 0 Å². The Morgan fingerprint density at radius 1 is 1.05 bits per heavy atom. The maximum Gasteiger partial charge on any atom is 0.710 e. The van der Waals surface area contributed by atoms with Gasteiger partial charge in [-0.3, -0.25) is 0 Å². The smallest absolute Gasteiger partial charge is 0.512 e. The van der Waals surface area contributed by atoms with Crippen LogP contribution in [0.1, 0.15) is 20.8 Å². The maximum absolute atomic E-state index is 9.59. The Kier molecular flexibility index (Phi) is 6.14. The molecule has 0 saturated carbocycles. The second-order valence-corrected chi connectivity index (χ2v) is 4.97. The van der Waals surface area contributed by atoms with Crippen LogP contribution < -0.4 is 9.39 Å². The van der Waals surface area contributed by atoms with Gasteiger partial charge in [-0.05, 0) is 45.0 Å². The lowest BCUT2D eigenvalue weighted by molar-refractivity contribution is 0.0696. The molecule has 0 amide bonds. The lowest BCUT2D eigenvalue weighted by Gasteiger charge is -2.21. The van der Waals surface area contributed by atoms with Gasteiger partial charge >= 0.3 is 7.32 Å². The lowest BCUT2D eigenvalue weighted by Crippen LogP contribution is -2.35. The van der Waals surface area contributed by atoms with Crippen LogP contribution in [-0.2, 0) is 9.39 Å². The van der Waals surface area contributed by atoms with Crippen LogP contribution in [0.15, 0.2) is 24.3 Å². The number of methoxy groups -OCH3 is 1. The van der Waals surface area contributed by atoms with Gasteiger partial charge in [0.15, 0.2) is 0 Å². The first-order chi connectivity index (χ1) is 8.90. The maximum atomic E-state index is 9.59. The largest absolute Gasteiger partial charge is 0.710 e. The zero-order chi connectivity index (χ0) is 14.3. The SMILES string of the molecule is COCCOc1ccc(OB(O)OC(C)(C)C)cc1. The first-order valence-electron chi connectivity index (χ1n) is 6.15. The summed E-state index contributed by atoms with van der Waals surface area (Å²) in [5, 5.41) is 9.59. The van der Waals surface area contributed by atoms with Gasteiger partial charge in [-0.15, -0.1) is 0 Å². The molecule has 1 N–H and O–H groups in total. The Labute approximate surface area is 114 Å². The summed E-state index contributed by atoms with van der Waals surface area (Å²) in [4.78, 5) is 0. The van der Waals surface area contributed by atoms with Crippen molar-refractivity contribution in [2.45, 2.75) is 26.4 Å². The number of hydrogen-bond donors (Lipinski definition) is 1. The van der Waals surface area contributed by atoms with Crippen molar-refractivity contribution in [2.75, 3.05) is 20.3 Å². The van der Waals surface area contributed by atoms with Crippen molar-refractivity contribution in [3.63, 3.8) is 0 Å². The number of hydrogen-bond acceptors (Lipinski definition) is 5. The van der Waals surface area contributed by atoms with E-state index in [1.54, 1.807) is 31.4 Å². The van der Waals surface area contributed by atoms with Crippen LogP contribution in [0.4, 0.5) is 0 Å². The fourth-order valence-electron chi connectivity index (χ4n) is 1.30. The molecule has 0 spiro atoms. The van der Waals surface area contributed by atoms with E-state index >= 15 is 0 Å². The molecule has 0 atom stereocenters. The Balaban J connectivity index is 2.43. The van der Waals surface area contributed by atoms with E-state index in [0.717, 1.165) is 5.75 Å². The Morgan fingerprint density at radius 3 is 2.16 bits per heavy atom. The Morgan fingerprint density at radius 2 is 1.63 bits per heavy atom. The predicted octanol–water partition coefficient (Wildman–Crippen LogP) is 1.88. The van der Waals surface area contributed by atoms with Crippen LogP contribution in [0.2, 0.25) is 0 Å². The van der Waals surface area contributed by atoms with Crippen LogP contribution in [0.3, 0.4) is 0 Å². The molecule has 0 fully saturated rings. The summed E-state index contributed by atoms with van der Waals surface area (Å²) in [6.07, 6.45) is 0. The minimum Gasteiger partial charge on any atom is -0.512 e. The number of rotatable bonds is 7. The van der Waals surface area contributed by atoms with Crippen molar-refractivity contribution in [3.8, 4) is 11.5 Å². The Hall–Kier alpha value is -1.24. The van der Waals surface area contributed by atoms with Gasteiger partial charge in [-0.25, -0.2) is 0 Å². The van der Waals surface area contributed by atoms with E-state index in [2.05, 4.69) is 0 Å². The average Bonchev–Trinajstić information content (AvgIpc) is 2.29. The molecule has 0 aliphatic carbocycles. The standard InChI is InChI=1S/C13H21BO5/c1-13(2,3)19-14(15)18-12-7-5-11(6-8-12)17-10-9-16-4/h5-8,15H,9-10H2,1-4H3. The summed E-state index contributed by atoms with van der Waals surface area (Å²) in [5.74, 6) is 1.23. The molecule has 0 bridgehead atoms. The van der Waals surface area contributed by atoms with Crippen molar-refractivity contribution >= 4 is 7.32 Å². The fraction of sp³-hybridized carbons (Fsp3) is 0.538. The van der Waals surface area contributed by atoms with Crippen molar-refractivity contribution in [3.05, 3.63) is 24.3 Å². The van der Waals surface area contributed by atoms with Crippen molar-refractivity contribution < 1.29 is 23.8 Å². The highest BCUT2D eigenvalue weighted by Gasteiger charge is 2.25. The van der Waals surface area contributed by atoms with Crippen LogP contribution in [0.5, 0.6) is 11.5 Å². The van der Waals surface area contributed by atoms with Crippen LogP contribution in [0, 0.1) is 0 Å². The highest BCUT2D eigenvalue weighted by molar-refractivity contribution is 6.35. The van der Waals surface area contributed by atoms with Crippen molar-refractivity contribution in [1.82, 2.24) is 0 Å². The van der Waals surface area contributed by atoms with Gasteiger partial charge in [-0.2, -0.15) is 0 Å². The van der Waals surface area contributed by atoms with E-state index in [9.17, 15) is 5.02 Å². The highest BCUT2D eigenvalue weighted by atomic mass is 16.7. The van der Waals surface area contributed by atoms with E-state index in [0.29, 0.717) is 19.0 Å². The number of benzene rings is 1. The van der Waals surface area contributed by atoms with Crippen molar-refractivity contribution in [2.24, 2.45) is 0 Å². The van der Waals surface area contributed by atoms with Gasteiger partial charge in [0.25, 0.3) is 0 Å². The minimum absolute atomic E-state index is 0.470. The molecule has 5 nitrogen and oxygen atoms in total. The summed E-state index contributed by atoms with van der Waals surface area (Å²) in [7, 11) is 0.331. The molecule has 0 heterocycles. The van der Waals surface area contributed by atoms with Gasteiger partial charge in [0.1, 0.15) is 18.1 Å². The third kappa shape index (κ3) is 7.05. The zero-order valence-corrected chi connectivity index (χ0v) is 11.9. The van der Waals surface area contributed by atoms with Gasteiger partial charge < -0.3 is 23.8 Å². The third-order valence-electron chi connectivity index (χ3n) is 2.07. The first-order valence-corrected chi connectivity index (χ1v) is 6.15. The molecule has 0 saturated heterocycles. The third-order valence-corrected chi connectivity index (χ3v) is 2.07. The molecule has 1 aromatic carbocycles. The average molecular weight is 268 g/mol. The summed E-state index contributed by atoms with van der Waals surface area (Å²) >= 11 is 0. The van der Waals surface area contributed by atoms with Crippen LogP contribution in [-0.4, -0.2) is 38.3 Å².